The Hall–Kier alpha value is -1.96. The minimum absolute atomic E-state index is 0.100. The Morgan fingerprint density at radius 2 is 0.778 bits per heavy atom. The molecule has 0 amide bonds. The van der Waals surface area contributed by atoms with E-state index in [1.54, 1.807) is 0 Å². The van der Waals surface area contributed by atoms with Crippen LogP contribution in [0.5, 0.6) is 11.5 Å². The number of phenols is 2. The number of hydrogen-bond donors (Lipinski definition) is 2. The summed E-state index contributed by atoms with van der Waals surface area (Å²) in [5.41, 5.74) is 7.89. The predicted molar refractivity (Wildman–Crippen MR) is 190 cm³/mol. The van der Waals surface area contributed by atoms with Crippen molar-refractivity contribution in [2.75, 3.05) is 0 Å². The first kappa shape index (κ1) is 33.0. The second kappa shape index (κ2) is 15.3. The highest BCUT2D eigenvalue weighted by Crippen LogP contribution is 2.52. The van der Waals surface area contributed by atoms with E-state index in [0.717, 1.165) is 12.8 Å². The van der Waals surface area contributed by atoms with E-state index in [1.807, 2.05) is 0 Å². The molecule has 4 fully saturated rings. The molecule has 2 N–H and O–H groups in total. The summed E-state index contributed by atoms with van der Waals surface area (Å²) >= 11 is 0. The lowest BCUT2D eigenvalue weighted by atomic mass is 9.65. The Balaban J connectivity index is 1.55. The molecular formula is C43H64O2. The topological polar surface area (TPSA) is 40.5 Å². The molecule has 2 nitrogen and oxygen atoms in total. The lowest BCUT2D eigenvalue weighted by Gasteiger charge is -2.39. The number of benzene rings is 2. The van der Waals surface area contributed by atoms with Gasteiger partial charge in [0, 0.05) is 5.41 Å². The normalized spacial score (nSPS) is 21.7. The summed E-state index contributed by atoms with van der Waals surface area (Å²) in [5.74, 6) is 3.23. The molecule has 0 heterocycles. The van der Waals surface area contributed by atoms with E-state index in [0.29, 0.717) is 35.2 Å². The van der Waals surface area contributed by atoms with Crippen molar-refractivity contribution < 1.29 is 10.2 Å². The highest BCUT2D eigenvalue weighted by Gasteiger charge is 2.38. The minimum Gasteiger partial charge on any atom is -0.507 e. The zero-order chi connectivity index (χ0) is 31.2. The molecule has 6 rings (SSSR count). The molecule has 45 heavy (non-hydrogen) atoms. The Morgan fingerprint density at radius 3 is 1.02 bits per heavy atom. The van der Waals surface area contributed by atoms with Crippen LogP contribution in [-0.4, -0.2) is 10.2 Å². The molecule has 4 aliphatic carbocycles. The number of aromatic hydroxyl groups is 2. The molecule has 248 valence electrons. The largest absolute Gasteiger partial charge is 0.507 e. The van der Waals surface area contributed by atoms with Crippen molar-refractivity contribution in [2.45, 2.75) is 197 Å². The van der Waals surface area contributed by atoms with Crippen molar-refractivity contribution >= 4 is 0 Å². The van der Waals surface area contributed by atoms with E-state index in [2.05, 4.69) is 38.1 Å². The highest BCUT2D eigenvalue weighted by molar-refractivity contribution is 5.56. The maximum atomic E-state index is 12.0. The summed E-state index contributed by atoms with van der Waals surface area (Å²) in [5, 5.41) is 24.1. The lowest BCUT2D eigenvalue weighted by Crippen LogP contribution is -2.29. The average Bonchev–Trinajstić information content (AvgIpc) is 3.11. The summed E-state index contributed by atoms with van der Waals surface area (Å²) in [7, 11) is 0. The zero-order valence-electron chi connectivity index (χ0n) is 29.0. The first-order chi connectivity index (χ1) is 22.1. The van der Waals surface area contributed by atoms with E-state index >= 15 is 0 Å². The molecule has 4 aliphatic rings. The fourth-order valence-corrected chi connectivity index (χ4v) is 10.3. The quantitative estimate of drug-likeness (QED) is 0.280. The standard InChI is InChI=1S/C43H64O2/c1-3-5-26-43(4-2,35-27-37(31-18-10-6-11-19-31)41(44)38(28-35)32-20-12-7-13-21-32)36-29-39(33-22-14-8-15-23-33)42(45)40(30-36)34-24-16-9-17-25-34/h27-34,44-45H,3-26H2,1-2H3. The Morgan fingerprint density at radius 1 is 0.489 bits per heavy atom. The summed E-state index contributed by atoms with van der Waals surface area (Å²) in [6.45, 7) is 4.77. The molecule has 4 saturated carbocycles. The van der Waals surface area contributed by atoms with Crippen LogP contribution < -0.4 is 0 Å². The molecule has 0 atom stereocenters. The van der Waals surface area contributed by atoms with Crippen LogP contribution in [0.4, 0.5) is 0 Å². The average molecular weight is 613 g/mol. The summed E-state index contributed by atoms with van der Waals surface area (Å²) in [6.07, 6.45) is 29.9. The predicted octanol–water partition coefficient (Wildman–Crippen LogP) is 13.2. The Kier molecular flexibility index (Phi) is 11.2. The van der Waals surface area contributed by atoms with Crippen molar-refractivity contribution in [3.63, 3.8) is 0 Å². The Labute approximate surface area is 275 Å². The van der Waals surface area contributed by atoms with E-state index < -0.39 is 0 Å². The van der Waals surface area contributed by atoms with Gasteiger partial charge in [-0.25, -0.2) is 0 Å². The monoisotopic (exact) mass is 612 g/mol. The van der Waals surface area contributed by atoms with Gasteiger partial charge in [-0.1, -0.05) is 128 Å². The molecular weight excluding hydrogens is 548 g/mol. The molecule has 0 bridgehead atoms. The maximum Gasteiger partial charge on any atom is 0.122 e. The van der Waals surface area contributed by atoms with Crippen LogP contribution >= 0.6 is 0 Å². The van der Waals surface area contributed by atoms with Gasteiger partial charge in [-0.15, -0.1) is 0 Å². The van der Waals surface area contributed by atoms with Crippen molar-refractivity contribution in [1.29, 1.82) is 0 Å². The molecule has 0 radical (unpaired) electrons. The highest BCUT2D eigenvalue weighted by atomic mass is 16.3. The van der Waals surface area contributed by atoms with Crippen LogP contribution in [-0.2, 0) is 5.41 Å². The van der Waals surface area contributed by atoms with Gasteiger partial charge in [-0.05, 0) is 121 Å². The van der Waals surface area contributed by atoms with Gasteiger partial charge in [-0.3, -0.25) is 0 Å². The van der Waals surface area contributed by atoms with Gasteiger partial charge in [0.25, 0.3) is 0 Å². The van der Waals surface area contributed by atoms with E-state index in [1.165, 1.54) is 175 Å². The van der Waals surface area contributed by atoms with Crippen molar-refractivity contribution in [2.24, 2.45) is 0 Å². The van der Waals surface area contributed by atoms with E-state index in [-0.39, 0.29) is 5.41 Å². The van der Waals surface area contributed by atoms with Gasteiger partial charge in [0.15, 0.2) is 0 Å². The third-order valence-corrected chi connectivity index (χ3v) is 13.2. The van der Waals surface area contributed by atoms with Gasteiger partial charge in [0.05, 0.1) is 0 Å². The maximum absolute atomic E-state index is 12.0. The van der Waals surface area contributed by atoms with Gasteiger partial charge < -0.3 is 10.2 Å². The van der Waals surface area contributed by atoms with Gasteiger partial charge in [0.2, 0.25) is 0 Å². The van der Waals surface area contributed by atoms with E-state index in [9.17, 15) is 10.2 Å². The van der Waals surface area contributed by atoms with Crippen molar-refractivity contribution in [3.05, 3.63) is 57.6 Å². The van der Waals surface area contributed by atoms with Crippen molar-refractivity contribution in [3.8, 4) is 11.5 Å². The first-order valence-corrected chi connectivity index (χ1v) is 19.8. The minimum atomic E-state index is -0.100. The van der Waals surface area contributed by atoms with E-state index in [4.69, 9.17) is 0 Å². The van der Waals surface area contributed by atoms with Crippen LogP contribution in [0, 0.1) is 0 Å². The lowest BCUT2D eigenvalue weighted by molar-refractivity contribution is 0.383. The molecule has 0 aromatic heterocycles. The summed E-state index contributed by atoms with van der Waals surface area (Å²) in [4.78, 5) is 0. The molecule has 0 aliphatic heterocycles. The van der Waals surface area contributed by atoms with Crippen LogP contribution in [0.2, 0.25) is 0 Å². The van der Waals surface area contributed by atoms with Gasteiger partial charge >= 0.3 is 0 Å². The fourth-order valence-electron chi connectivity index (χ4n) is 10.3. The van der Waals surface area contributed by atoms with Crippen LogP contribution in [0.15, 0.2) is 24.3 Å². The molecule has 2 heteroatoms. The second-order valence-corrected chi connectivity index (χ2v) is 15.9. The van der Waals surface area contributed by atoms with Crippen LogP contribution in [0.1, 0.15) is 225 Å². The third-order valence-electron chi connectivity index (χ3n) is 13.2. The molecule has 2 aromatic carbocycles. The third kappa shape index (κ3) is 7.01. The fraction of sp³-hybridized carbons (Fsp3) is 0.721. The molecule has 0 spiro atoms. The second-order valence-electron chi connectivity index (χ2n) is 15.9. The number of rotatable bonds is 10. The first-order valence-electron chi connectivity index (χ1n) is 19.8. The zero-order valence-corrected chi connectivity index (χ0v) is 29.0. The number of phenolic OH excluding ortho intramolecular Hbond substituents is 2. The van der Waals surface area contributed by atoms with Crippen molar-refractivity contribution in [1.82, 2.24) is 0 Å². The summed E-state index contributed by atoms with van der Waals surface area (Å²) < 4.78 is 0. The van der Waals surface area contributed by atoms with Crippen LogP contribution in [0.25, 0.3) is 0 Å². The molecule has 2 aromatic rings. The smallest absolute Gasteiger partial charge is 0.122 e. The molecule has 0 unspecified atom stereocenters. The molecule has 0 saturated heterocycles. The SMILES string of the molecule is CCCCC(CC)(c1cc(C2CCCCC2)c(O)c(C2CCCCC2)c1)c1cc(C2CCCCC2)c(O)c(C2CCCCC2)c1. The van der Waals surface area contributed by atoms with Gasteiger partial charge in [-0.2, -0.15) is 0 Å². The number of unbranched alkanes of at least 4 members (excludes halogenated alkanes) is 1. The van der Waals surface area contributed by atoms with Gasteiger partial charge in [0.1, 0.15) is 11.5 Å². The van der Waals surface area contributed by atoms with Crippen LogP contribution in [0.3, 0.4) is 0 Å². The summed E-state index contributed by atoms with van der Waals surface area (Å²) in [6, 6.07) is 10.0. The number of hydrogen-bond acceptors (Lipinski definition) is 2. The Bertz CT molecular complexity index is 1070.